The average molecular weight is 266 g/mol. The third-order valence-electron chi connectivity index (χ3n) is 5.17. The Labute approximate surface area is 115 Å². The van der Waals surface area contributed by atoms with Crippen LogP contribution in [0.1, 0.15) is 19.8 Å². The number of hydrazine groups is 1. The van der Waals surface area contributed by atoms with Crippen molar-refractivity contribution in [1.82, 2.24) is 14.8 Å². The van der Waals surface area contributed by atoms with Gasteiger partial charge in [-0.05, 0) is 30.6 Å². The fraction of sp³-hybridized carbons (Fsp3) is 0.929. The van der Waals surface area contributed by atoms with E-state index in [9.17, 15) is 4.79 Å². The Hall–Kier alpha value is -0.650. The summed E-state index contributed by atoms with van der Waals surface area (Å²) in [4.78, 5) is 15.9. The first-order valence-corrected chi connectivity index (χ1v) is 7.59. The van der Waals surface area contributed by atoms with Crippen molar-refractivity contribution in [1.29, 1.82) is 0 Å². The molecule has 3 aliphatic heterocycles. The van der Waals surface area contributed by atoms with Crippen molar-refractivity contribution in [3.05, 3.63) is 0 Å². The van der Waals surface area contributed by atoms with E-state index in [-0.39, 0.29) is 5.91 Å². The first kappa shape index (κ1) is 13.3. The van der Waals surface area contributed by atoms with Crippen LogP contribution < -0.4 is 5.84 Å². The molecular formula is C14H26N4O. The van der Waals surface area contributed by atoms with Gasteiger partial charge in [0.15, 0.2) is 0 Å². The highest BCUT2D eigenvalue weighted by atomic mass is 16.2. The van der Waals surface area contributed by atoms with E-state index < -0.39 is 0 Å². The van der Waals surface area contributed by atoms with Gasteiger partial charge in [0, 0.05) is 52.7 Å². The maximum Gasteiger partial charge on any atom is 0.219 e. The van der Waals surface area contributed by atoms with Gasteiger partial charge in [0.25, 0.3) is 0 Å². The third kappa shape index (κ3) is 2.93. The lowest BCUT2D eigenvalue weighted by Crippen LogP contribution is -2.41. The quantitative estimate of drug-likeness (QED) is 0.714. The van der Waals surface area contributed by atoms with E-state index in [4.69, 9.17) is 5.84 Å². The van der Waals surface area contributed by atoms with Crippen molar-refractivity contribution in [2.24, 2.45) is 23.6 Å². The first-order chi connectivity index (χ1) is 9.11. The molecule has 0 aromatic carbocycles. The predicted molar refractivity (Wildman–Crippen MR) is 74.2 cm³/mol. The SMILES string of the molecule is CC(=O)N1CCC(CN2C[C@H]3CN(N)C[C@H]3C2)CC1. The average Bonchev–Trinajstić information content (AvgIpc) is 2.86. The minimum Gasteiger partial charge on any atom is -0.343 e. The summed E-state index contributed by atoms with van der Waals surface area (Å²) in [6.45, 7) is 9.42. The first-order valence-electron chi connectivity index (χ1n) is 7.59. The summed E-state index contributed by atoms with van der Waals surface area (Å²) < 4.78 is 0. The van der Waals surface area contributed by atoms with E-state index in [0.29, 0.717) is 0 Å². The van der Waals surface area contributed by atoms with Gasteiger partial charge in [-0.1, -0.05) is 0 Å². The molecule has 0 unspecified atom stereocenters. The van der Waals surface area contributed by atoms with Gasteiger partial charge in [-0.15, -0.1) is 0 Å². The van der Waals surface area contributed by atoms with Crippen LogP contribution in [0.25, 0.3) is 0 Å². The molecule has 0 aromatic heterocycles. The maximum atomic E-state index is 11.3. The number of nitrogens with two attached hydrogens (primary N) is 1. The van der Waals surface area contributed by atoms with Gasteiger partial charge >= 0.3 is 0 Å². The fourth-order valence-corrected chi connectivity index (χ4v) is 4.07. The van der Waals surface area contributed by atoms with E-state index in [1.807, 2.05) is 9.91 Å². The molecule has 0 spiro atoms. The van der Waals surface area contributed by atoms with Gasteiger partial charge in [-0.2, -0.15) is 0 Å². The Morgan fingerprint density at radius 3 is 2.21 bits per heavy atom. The number of nitrogens with zero attached hydrogens (tertiary/aromatic N) is 3. The van der Waals surface area contributed by atoms with Gasteiger partial charge in [-0.25, -0.2) is 5.01 Å². The van der Waals surface area contributed by atoms with Crippen molar-refractivity contribution in [2.75, 3.05) is 45.8 Å². The Morgan fingerprint density at radius 2 is 1.68 bits per heavy atom. The Bertz CT molecular complexity index is 326. The number of hydrogen-bond acceptors (Lipinski definition) is 4. The van der Waals surface area contributed by atoms with Crippen molar-refractivity contribution in [2.45, 2.75) is 19.8 Å². The van der Waals surface area contributed by atoms with Crippen LogP contribution in [-0.4, -0.2) is 66.5 Å². The van der Waals surface area contributed by atoms with Crippen LogP contribution >= 0.6 is 0 Å². The standard InChI is InChI=1S/C14H26N4O/c1-11(19)17-4-2-12(3-5-17)6-16-7-13-9-18(15)10-14(13)8-16/h12-14H,2-10,15H2,1H3/t13-,14+. The molecule has 5 nitrogen and oxygen atoms in total. The summed E-state index contributed by atoms with van der Waals surface area (Å²) in [5, 5.41) is 1.98. The minimum absolute atomic E-state index is 0.234. The molecule has 0 saturated carbocycles. The van der Waals surface area contributed by atoms with Crippen LogP contribution in [-0.2, 0) is 4.79 Å². The second-order valence-electron chi connectivity index (χ2n) is 6.64. The van der Waals surface area contributed by atoms with Crippen LogP contribution in [0.5, 0.6) is 0 Å². The smallest absolute Gasteiger partial charge is 0.219 e. The number of piperidine rings is 1. The molecular weight excluding hydrogens is 240 g/mol. The van der Waals surface area contributed by atoms with E-state index >= 15 is 0 Å². The molecule has 5 heteroatoms. The minimum atomic E-state index is 0.234. The van der Waals surface area contributed by atoms with Gasteiger partial charge in [-0.3, -0.25) is 10.6 Å². The van der Waals surface area contributed by atoms with Crippen molar-refractivity contribution in [3.63, 3.8) is 0 Å². The molecule has 1 amide bonds. The van der Waals surface area contributed by atoms with Crippen LogP contribution in [0.4, 0.5) is 0 Å². The van der Waals surface area contributed by atoms with Crippen LogP contribution in [0.2, 0.25) is 0 Å². The molecule has 3 rings (SSSR count). The number of likely N-dealkylation sites (tertiary alicyclic amines) is 2. The van der Waals surface area contributed by atoms with Crippen LogP contribution in [0, 0.1) is 17.8 Å². The summed E-state index contributed by atoms with van der Waals surface area (Å²) >= 11 is 0. The van der Waals surface area contributed by atoms with Crippen molar-refractivity contribution < 1.29 is 4.79 Å². The molecule has 3 fully saturated rings. The monoisotopic (exact) mass is 266 g/mol. The van der Waals surface area contributed by atoms with Crippen LogP contribution in [0.3, 0.4) is 0 Å². The molecule has 0 radical (unpaired) electrons. The lowest BCUT2D eigenvalue weighted by Gasteiger charge is -2.33. The molecule has 3 heterocycles. The highest BCUT2D eigenvalue weighted by molar-refractivity contribution is 5.73. The van der Waals surface area contributed by atoms with Crippen LogP contribution in [0.15, 0.2) is 0 Å². The molecule has 0 bridgehead atoms. The van der Waals surface area contributed by atoms with Gasteiger partial charge in [0.2, 0.25) is 5.91 Å². The molecule has 19 heavy (non-hydrogen) atoms. The fourth-order valence-electron chi connectivity index (χ4n) is 4.07. The Morgan fingerprint density at radius 1 is 1.11 bits per heavy atom. The number of rotatable bonds is 2. The molecule has 2 atom stereocenters. The summed E-state index contributed by atoms with van der Waals surface area (Å²) in [5.41, 5.74) is 0. The van der Waals surface area contributed by atoms with E-state index in [1.54, 1.807) is 6.92 Å². The molecule has 0 aliphatic carbocycles. The molecule has 3 saturated heterocycles. The normalized spacial score (nSPS) is 33.9. The predicted octanol–water partition coefficient (Wildman–Crippen LogP) is -0.0178. The molecule has 3 aliphatic rings. The van der Waals surface area contributed by atoms with E-state index in [0.717, 1.165) is 43.9 Å². The van der Waals surface area contributed by atoms with E-state index in [2.05, 4.69) is 4.90 Å². The van der Waals surface area contributed by atoms with Crippen molar-refractivity contribution >= 4 is 5.91 Å². The lowest BCUT2D eigenvalue weighted by atomic mass is 9.96. The topological polar surface area (TPSA) is 52.8 Å². The molecule has 0 aromatic rings. The second kappa shape index (κ2) is 5.38. The molecule has 2 N–H and O–H groups in total. The highest BCUT2D eigenvalue weighted by Gasteiger charge is 2.39. The number of carbonyl (C=O) groups excluding carboxylic acids is 1. The third-order valence-corrected chi connectivity index (χ3v) is 5.17. The van der Waals surface area contributed by atoms with Gasteiger partial charge in [0.05, 0.1) is 0 Å². The summed E-state index contributed by atoms with van der Waals surface area (Å²) in [6, 6.07) is 0. The molecule has 108 valence electrons. The Kier molecular flexibility index (Phi) is 3.78. The number of fused-ring (bicyclic) bond motifs is 1. The second-order valence-corrected chi connectivity index (χ2v) is 6.64. The summed E-state index contributed by atoms with van der Waals surface area (Å²) in [6.07, 6.45) is 2.35. The summed E-state index contributed by atoms with van der Waals surface area (Å²) in [7, 11) is 0. The summed E-state index contributed by atoms with van der Waals surface area (Å²) in [5.74, 6) is 8.48. The highest BCUT2D eigenvalue weighted by Crippen LogP contribution is 2.31. The Balaban J connectivity index is 1.43. The zero-order valence-corrected chi connectivity index (χ0v) is 11.9. The van der Waals surface area contributed by atoms with Gasteiger partial charge in [0.1, 0.15) is 0 Å². The van der Waals surface area contributed by atoms with Gasteiger partial charge < -0.3 is 9.80 Å². The zero-order chi connectivity index (χ0) is 13.4. The largest absolute Gasteiger partial charge is 0.343 e. The number of hydrogen-bond donors (Lipinski definition) is 1. The number of amides is 1. The number of carbonyl (C=O) groups is 1. The zero-order valence-electron chi connectivity index (χ0n) is 11.9. The maximum absolute atomic E-state index is 11.3. The lowest BCUT2D eigenvalue weighted by molar-refractivity contribution is -0.130. The van der Waals surface area contributed by atoms with Crippen molar-refractivity contribution in [3.8, 4) is 0 Å². The van der Waals surface area contributed by atoms with E-state index in [1.165, 1.54) is 32.5 Å².